The lowest BCUT2D eigenvalue weighted by molar-refractivity contribution is -0.150. The van der Waals surface area contributed by atoms with Gasteiger partial charge in [-0.3, -0.25) is 9.63 Å². The van der Waals surface area contributed by atoms with Crippen LogP contribution in [0.4, 0.5) is 0 Å². The Bertz CT molecular complexity index is 733. The number of thioether (sulfide) groups is 2. The van der Waals surface area contributed by atoms with E-state index in [4.69, 9.17) is 4.84 Å². The fraction of sp³-hybridized carbons (Fsp3) is 0.444. The van der Waals surface area contributed by atoms with Gasteiger partial charge < -0.3 is 10.0 Å². The van der Waals surface area contributed by atoms with E-state index in [1.807, 2.05) is 30.3 Å². The molecule has 0 aromatic heterocycles. The number of carbonyl (C=O) groups is 2. The van der Waals surface area contributed by atoms with Crippen LogP contribution >= 0.6 is 23.5 Å². The molecule has 0 radical (unpaired) electrons. The minimum absolute atomic E-state index is 0.204. The molecule has 9 heteroatoms. The maximum Gasteiger partial charge on any atom is 0.326 e. The standard InChI is InChI=1S/C18H20N2O5S2/c21-7-6-14(19-25-11-13-4-2-1-3-5-13)16(22)20-12-18(26-8-9-27-18)10-15(20)17(23)24/h1-6,14-15,19H,8-12H2,(H,23,24)/t14-,15-/m0/s1. The van der Waals surface area contributed by atoms with Gasteiger partial charge in [0.1, 0.15) is 18.0 Å². The highest BCUT2D eigenvalue weighted by molar-refractivity contribution is 8.21. The van der Waals surface area contributed by atoms with Gasteiger partial charge in [0, 0.05) is 30.5 Å². The lowest BCUT2D eigenvalue weighted by Gasteiger charge is -2.26. The second kappa shape index (κ2) is 8.95. The first-order valence-corrected chi connectivity index (χ1v) is 10.5. The fourth-order valence-electron chi connectivity index (χ4n) is 3.19. The van der Waals surface area contributed by atoms with Gasteiger partial charge in [0.15, 0.2) is 0 Å². The van der Waals surface area contributed by atoms with E-state index in [0.717, 1.165) is 23.1 Å². The largest absolute Gasteiger partial charge is 0.480 e. The third-order valence-corrected chi connectivity index (χ3v) is 7.89. The Hall–Kier alpha value is -1.77. The summed E-state index contributed by atoms with van der Waals surface area (Å²) >= 11 is 3.40. The minimum Gasteiger partial charge on any atom is -0.480 e. The molecule has 7 nitrogen and oxygen atoms in total. The average Bonchev–Trinajstić information content (AvgIpc) is 3.29. The van der Waals surface area contributed by atoms with Crippen molar-refractivity contribution in [3.8, 4) is 0 Å². The van der Waals surface area contributed by atoms with E-state index < -0.39 is 24.0 Å². The summed E-state index contributed by atoms with van der Waals surface area (Å²) in [6, 6.07) is 7.36. The number of nitrogens with zero attached hydrogens (tertiary/aromatic N) is 1. The van der Waals surface area contributed by atoms with E-state index in [1.165, 1.54) is 4.90 Å². The summed E-state index contributed by atoms with van der Waals surface area (Å²) in [6.45, 7) is 0.539. The second-order valence-corrected chi connectivity index (χ2v) is 9.50. The molecule has 2 aliphatic heterocycles. The lowest BCUT2D eigenvalue weighted by atomic mass is 10.2. The highest BCUT2D eigenvalue weighted by Crippen LogP contribution is 2.51. The molecule has 2 aliphatic rings. The van der Waals surface area contributed by atoms with Crippen molar-refractivity contribution in [3.05, 3.63) is 42.0 Å². The van der Waals surface area contributed by atoms with Crippen LogP contribution < -0.4 is 5.48 Å². The third kappa shape index (κ3) is 4.75. The number of amides is 1. The zero-order chi connectivity index (χ0) is 19.3. The van der Waals surface area contributed by atoms with Crippen LogP contribution in [0.25, 0.3) is 0 Å². The van der Waals surface area contributed by atoms with Gasteiger partial charge in [-0.15, -0.1) is 23.5 Å². The molecule has 2 heterocycles. The molecule has 144 valence electrons. The Morgan fingerprint density at radius 2 is 2.07 bits per heavy atom. The first-order valence-electron chi connectivity index (χ1n) is 8.48. The van der Waals surface area contributed by atoms with Gasteiger partial charge >= 0.3 is 5.97 Å². The van der Waals surface area contributed by atoms with Gasteiger partial charge in [-0.05, 0) is 5.56 Å². The Morgan fingerprint density at radius 1 is 1.37 bits per heavy atom. The summed E-state index contributed by atoms with van der Waals surface area (Å²) in [5.74, 6) is 1.95. The van der Waals surface area contributed by atoms with Crippen LogP contribution in [-0.2, 0) is 25.8 Å². The van der Waals surface area contributed by atoms with E-state index in [-0.39, 0.29) is 10.7 Å². The Morgan fingerprint density at radius 3 is 2.70 bits per heavy atom. The molecule has 2 fully saturated rings. The van der Waals surface area contributed by atoms with Crippen LogP contribution in [0.1, 0.15) is 12.0 Å². The summed E-state index contributed by atoms with van der Waals surface area (Å²) in [7, 11) is 0. The van der Waals surface area contributed by atoms with E-state index in [2.05, 4.69) is 5.48 Å². The number of carboxylic acids is 1. The number of hydrogen-bond donors (Lipinski definition) is 2. The number of hydroxylamine groups is 1. The highest BCUT2D eigenvalue weighted by atomic mass is 32.2. The molecule has 1 aromatic carbocycles. The van der Waals surface area contributed by atoms with Crippen molar-refractivity contribution < 1.29 is 24.3 Å². The average molecular weight is 409 g/mol. The van der Waals surface area contributed by atoms with Gasteiger partial charge in [-0.2, -0.15) is 5.48 Å². The molecule has 0 saturated carbocycles. The van der Waals surface area contributed by atoms with Gasteiger partial charge in [0.2, 0.25) is 5.91 Å². The quantitative estimate of drug-likeness (QED) is 0.515. The molecular formula is C18H20N2O5S2. The van der Waals surface area contributed by atoms with Gasteiger partial charge in [-0.1, -0.05) is 30.3 Å². The molecule has 2 saturated heterocycles. The SMILES string of the molecule is O=C=C[C@H](NOCc1ccccc1)C(=O)N1CC2(C[C@H]1C(=O)O)SCCS2. The van der Waals surface area contributed by atoms with E-state index in [0.29, 0.717) is 13.0 Å². The smallest absolute Gasteiger partial charge is 0.326 e. The first-order chi connectivity index (χ1) is 13.0. The van der Waals surface area contributed by atoms with Crippen LogP contribution in [0.3, 0.4) is 0 Å². The van der Waals surface area contributed by atoms with Gasteiger partial charge in [0.05, 0.1) is 10.7 Å². The van der Waals surface area contributed by atoms with Crippen LogP contribution in [0, 0.1) is 0 Å². The number of carboxylic acid groups (broad SMARTS) is 1. The van der Waals surface area contributed by atoms with Crippen molar-refractivity contribution in [3.63, 3.8) is 0 Å². The number of aliphatic carboxylic acids is 1. The molecule has 0 bridgehead atoms. The molecular weight excluding hydrogens is 388 g/mol. The van der Waals surface area contributed by atoms with E-state index >= 15 is 0 Å². The fourth-order valence-corrected chi connectivity index (χ4v) is 6.44. The molecule has 0 unspecified atom stereocenters. The first kappa shape index (κ1) is 20.0. The maximum atomic E-state index is 12.9. The van der Waals surface area contributed by atoms with Crippen LogP contribution in [-0.4, -0.2) is 62.0 Å². The van der Waals surface area contributed by atoms with Crippen LogP contribution in [0.2, 0.25) is 0 Å². The molecule has 0 aliphatic carbocycles. The molecule has 1 aromatic rings. The third-order valence-electron chi connectivity index (χ3n) is 4.47. The number of rotatable bonds is 7. The van der Waals surface area contributed by atoms with Crippen molar-refractivity contribution in [1.29, 1.82) is 0 Å². The number of likely N-dealkylation sites (tertiary alicyclic amines) is 1. The zero-order valence-electron chi connectivity index (χ0n) is 14.5. The Labute approximate surface area is 165 Å². The Balaban J connectivity index is 1.67. The molecule has 3 rings (SSSR count). The normalized spacial score (nSPS) is 21.8. The van der Waals surface area contributed by atoms with Crippen molar-refractivity contribution >= 4 is 41.3 Å². The number of hydrogen-bond acceptors (Lipinski definition) is 7. The summed E-state index contributed by atoms with van der Waals surface area (Å²) in [5.41, 5.74) is 3.47. The summed E-state index contributed by atoms with van der Waals surface area (Å²) in [4.78, 5) is 42.2. The van der Waals surface area contributed by atoms with Crippen molar-refractivity contribution in [2.75, 3.05) is 18.1 Å². The van der Waals surface area contributed by atoms with Crippen molar-refractivity contribution in [2.45, 2.75) is 29.2 Å². The topological polar surface area (TPSA) is 95.9 Å². The lowest BCUT2D eigenvalue weighted by Crippen LogP contribution is -2.49. The Kier molecular flexibility index (Phi) is 6.62. The monoisotopic (exact) mass is 408 g/mol. The van der Waals surface area contributed by atoms with Gasteiger partial charge in [0.25, 0.3) is 0 Å². The number of nitrogens with one attached hydrogen (secondary N) is 1. The zero-order valence-corrected chi connectivity index (χ0v) is 16.1. The number of benzene rings is 1. The summed E-state index contributed by atoms with van der Waals surface area (Å²) in [6.07, 6.45) is 1.41. The predicted molar refractivity (Wildman–Crippen MR) is 104 cm³/mol. The molecule has 1 spiro atoms. The second-order valence-electron chi connectivity index (χ2n) is 6.29. The number of carbonyl (C=O) groups excluding carboxylic acids is 2. The van der Waals surface area contributed by atoms with Crippen molar-refractivity contribution in [1.82, 2.24) is 10.4 Å². The molecule has 2 N–H and O–H groups in total. The van der Waals surface area contributed by atoms with Crippen LogP contribution in [0.15, 0.2) is 36.4 Å². The molecule has 1 amide bonds. The highest BCUT2D eigenvalue weighted by Gasteiger charge is 2.52. The summed E-state index contributed by atoms with van der Waals surface area (Å²) in [5, 5.41) is 9.56. The van der Waals surface area contributed by atoms with Crippen LogP contribution in [0.5, 0.6) is 0 Å². The summed E-state index contributed by atoms with van der Waals surface area (Å²) < 4.78 is -0.279. The van der Waals surface area contributed by atoms with Gasteiger partial charge in [-0.25, -0.2) is 9.59 Å². The molecule has 27 heavy (non-hydrogen) atoms. The molecule has 2 atom stereocenters. The predicted octanol–water partition coefficient (Wildman–Crippen LogP) is 1.33. The van der Waals surface area contributed by atoms with Crippen molar-refractivity contribution in [2.24, 2.45) is 0 Å². The van der Waals surface area contributed by atoms with E-state index in [1.54, 1.807) is 29.5 Å². The minimum atomic E-state index is -1.08. The van der Waals surface area contributed by atoms with E-state index in [9.17, 15) is 19.5 Å². The maximum absolute atomic E-state index is 12.9.